The number of esters is 1. The predicted molar refractivity (Wildman–Crippen MR) is 140 cm³/mol. The summed E-state index contributed by atoms with van der Waals surface area (Å²) in [5, 5.41) is 5.44. The lowest BCUT2D eigenvalue weighted by atomic mass is 10.1. The summed E-state index contributed by atoms with van der Waals surface area (Å²) in [6.07, 6.45) is 1.47. The highest BCUT2D eigenvalue weighted by molar-refractivity contribution is 6.43. The summed E-state index contributed by atoms with van der Waals surface area (Å²) in [6, 6.07) is 7.63. The molecule has 3 rings (SSSR count). The molecule has 2 N–H and O–H groups in total. The minimum Gasteiger partial charge on any atom is -0.462 e. The number of rotatable bonds is 8. The van der Waals surface area contributed by atoms with Crippen molar-refractivity contribution in [3.05, 3.63) is 68.7 Å². The maximum atomic E-state index is 13.1. The Labute approximate surface area is 224 Å². The lowest BCUT2D eigenvalue weighted by molar-refractivity contribution is -0.138. The Morgan fingerprint density at radius 1 is 1.11 bits per heavy atom. The Kier molecular flexibility index (Phi) is 9.18. The lowest BCUT2D eigenvalue weighted by Crippen LogP contribution is -2.34. The number of furan rings is 1. The van der Waals surface area contributed by atoms with Crippen molar-refractivity contribution in [2.45, 2.75) is 34.2 Å². The summed E-state index contributed by atoms with van der Waals surface area (Å²) in [7, 11) is 0. The fourth-order valence-corrected chi connectivity index (χ4v) is 3.93. The summed E-state index contributed by atoms with van der Waals surface area (Å²) in [4.78, 5) is 51.6. The maximum absolute atomic E-state index is 13.1. The average Bonchev–Trinajstić information content (AvgIpc) is 3.38. The minimum atomic E-state index is -0.895. The number of carbonyl (C=O) groups excluding carboxylic acids is 4. The number of amides is 3. The van der Waals surface area contributed by atoms with E-state index in [4.69, 9.17) is 32.4 Å². The molecule has 9 nitrogen and oxygen atoms in total. The van der Waals surface area contributed by atoms with Gasteiger partial charge in [0.05, 0.1) is 34.3 Å². The van der Waals surface area contributed by atoms with Gasteiger partial charge in [0.2, 0.25) is 0 Å². The second-order valence-electron chi connectivity index (χ2n) is 8.62. The third-order valence-electron chi connectivity index (χ3n) is 5.31. The molecular weight excluding hydrogens is 521 g/mol. The first-order valence-electron chi connectivity index (χ1n) is 11.6. The number of hydrogen-bond donors (Lipinski definition) is 2. The molecule has 196 valence electrons. The van der Waals surface area contributed by atoms with Crippen LogP contribution in [0.4, 0.5) is 5.69 Å². The van der Waals surface area contributed by atoms with Gasteiger partial charge in [-0.25, -0.2) is 4.79 Å². The molecule has 0 bridgehead atoms. The van der Waals surface area contributed by atoms with E-state index < -0.39 is 17.8 Å². The SMILES string of the molecule is CCOC(=O)C1=C(C)N(CC(C)C)C(=O)/C1=C/c1ccc(CNC(=O)C(=O)Nc2ccc(Cl)c(Cl)c2)o1. The molecule has 0 unspecified atom stereocenters. The molecule has 37 heavy (non-hydrogen) atoms. The van der Waals surface area contributed by atoms with Crippen LogP contribution >= 0.6 is 23.2 Å². The van der Waals surface area contributed by atoms with Crippen LogP contribution in [0.5, 0.6) is 0 Å². The zero-order valence-electron chi connectivity index (χ0n) is 20.8. The Hall–Kier alpha value is -3.56. The standard InChI is InChI=1S/C26H27Cl2N3O6/c1-5-36-26(35)22-15(4)31(13-14(2)3)25(34)19(22)11-17-7-8-18(37-17)12-29-23(32)24(33)30-16-6-9-20(27)21(28)10-16/h6-11,14H,5,12-13H2,1-4H3,(H,29,32)(H,30,33)/b19-11+. The summed E-state index contributed by atoms with van der Waals surface area (Å²) in [6.45, 7) is 7.89. The number of hydrogen-bond acceptors (Lipinski definition) is 6. The molecule has 0 saturated carbocycles. The van der Waals surface area contributed by atoms with Gasteiger partial charge in [-0.05, 0) is 56.2 Å². The summed E-state index contributed by atoms with van der Waals surface area (Å²) < 4.78 is 10.9. The van der Waals surface area contributed by atoms with Crippen molar-refractivity contribution in [3.8, 4) is 0 Å². The van der Waals surface area contributed by atoms with Crippen molar-refractivity contribution in [1.29, 1.82) is 0 Å². The van der Waals surface area contributed by atoms with Gasteiger partial charge >= 0.3 is 17.8 Å². The highest BCUT2D eigenvalue weighted by Crippen LogP contribution is 2.32. The molecule has 0 spiro atoms. The molecule has 3 amide bonds. The number of nitrogens with one attached hydrogen (secondary N) is 2. The molecule has 2 heterocycles. The van der Waals surface area contributed by atoms with Crippen molar-refractivity contribution in [1.82, 2.24) is 10.2 Å². The van der Waals surface area contributed by atoms with Gasteiger partial charge < -0.3 is 24.7 Å². The zero-order valence-corrected chi connectivity index (χ0v) is 22.3. The Morgan fingerprint density at radius 3 is 2.49 bits per heavy atom. The zero-order chi connectivity index (χ0) is 27.3. The Bertz CT molecular complexity index is 1290. The van der Waals surface area contributed by atoms with Gasteiger partial charge in [0.1, 0.15) is 11.5 Å². The molecule has 1 aromatic heterocycles. The van der Waals surface area contributed by atoms with Crippen molar-refractivity contribution < 1.29 is 28.3 Å². The van der Waals surface area contributed by atoms with Crippen LogP contribution in [-0.4, -0.2) is 41.7 Å². The molecule has 1 aliphatic rings. The van der Waals surface area contributed by atoms with Crippen LogP contribution in [0.2, 0.25) is 10.0 Å². The first-order valence-corrected chi connectivity index (χ1v) is 12.3. The van der Waals surface area contributed by atoms with E-state index in [-0.39, 0.29) is 41.1 Å². The van der Waals surface area contributed by atoms with Crippen LogP contribution < -0.4 is 10.6 Å². The number of nitrogens with zero attached hydrogens (tertiary/aromatic N) is 1. The van der Waals surface area contributed by atoms with Gasteiger partial charge in [-0.1, -0.05) is 37.0 Å². The van der Waals surface area contributed by atoms with Crippen molar-refractivity contribution >= 4 is 58.7 Å². The van der Waals surface area contributed by atoms with Crippen LogP contribution in [0.1, 0.15) is 39.2 Å². The Balaban J connectivity index is 1.70. The van der Waals surface area contributed by atoms with Crippen LogP contribution in [-0.2, 0) is 30.5 Å². The first-order chi connectivity index (χ1) is 17.5. The molecule has 11 heteroatoms. The summed E-state index contributed by atoms with van der Waals surface area (Å²) in [5.74, 6) is -1.86. The van der Waals surface area contributed by atoms with Gasteiger partial charge in [-0.15, -0.1) is 0 Å². The predicted octanol–water partition coefficient (Wildman–Crippen LogP) is 4.56. The van der Waals surface area contributed by atoms with Gasteiger partial charge in [0, 0.05) is 17.9 Å². The number of ether oxygens (including phenoxy) is 1. The van der Waals surface area contributed by atoms with E-state index in [1.54, 1.807) is 30.9 Å². The fraction of sp³-hybridized carbons (Fsp3) is 0.308. The highest BCUT2D eigenvalue weighted by atomic mass is 35.5. The molecule has 1 aliphatic heterocycles. The molecule has 0 saturated heterocycles. The molecule has 0 atom stereocenters. The van der Waals surface area contributed by atoms with E-state index in [1.165, 1.54) is 24.3 Å². The molecule has 0 fully saturated rings. The second kappa shape index (κ2) is 12.1. The van der Waals surface area contributed by atoms with E-state index in [0.717, 1.165) is 0 Å². The van der Waals surface area contributed by atoms with Gasteiger partial charge in [0.25, 0.3) is 5.91 Å². The van der Waals surface area contributed by atoms with E-state index in [1.807, 2.05) is 13.8 Å². The van der Waals surface area contributed by atoms with Crippen molar-refractivity contribution in [2.75, 3.05) is 18.5 Å². The van der Waals surface area contributed by atoms with E-state index in [0.29, 0.717) is 34.5 Å². The largest absolute Gasteiger partial charge is 0.462 e. The molecular formula is C26H27Cl2N3O6. The Morgan fingerprint density at radius 2 is 1.84 bits per heavy atom. The van der Waals surface area contributed by atoms with Crippen LogP contribution in [0.25, 0.3) is 6.08 Å². The minimum absolute atomic E-state index is 0.0795. The quantitative estimate of drug-likeness (QED) is 0.284. The maximum Gasteiger partial charge on any atom is 0.340 e. The van der Waals surface area contributed by atoms with E-state index in [9.17, 15) is 19.2 Å². The molecule has 0 aliphatic carbocycles. The number of carbonyl (C=O) groups is 4. The van der Waals surface area contributed by atoms with Gasteiger partial charge in [-0.2, -0.15) is 0 Å². The fourth-order valence-electron chi connectivity index (χ4n) is 3.63. The van der Waals surface area contributed by atoms with E-state index in [2.05, 4.69) is 10.6 Å². The van der Waals surface area contributed by atoms with Crippen molar-refractivity contribution in [2.24, 2.45) is 5.92 Å². The van der Waals surface area contributed by atoms with E-state index >= 15 is 0 Å². The lowest BCUT2D eigenvalue weighted by Gasteiger charge is -2.19. The third-order valence-corrected chi connectivity index (χ3v) is 6.05. The van der Waals surface area contributed by atoms with Gasteiger partial charge in [0.15, 0.2) is 0 Å². The normalized spacial score (nSPS) is 14.5. The number of anilines is 1. The monoisotopic (exact) mass is 547 g/mol. The third kappa shape index (κ3) is 6.81. The van der Waals surface area contributed by atoms with Crippen LogP contribution in [0.3, 0.4) is 0 Å². The molecule has 0 radical (unpaired) electrons. The molecule has 2 aromatic rings. The van der Waals surface area contributed by atoms with Crippen LogP contribution in [0, 0.1) is 5.92 Å². The number of halogens is 2. The number of benzene rings is 1. The first kappa shape index (κ1) is 28.0. The topological polar surface area (TPSA) is 118 Å². The second-order valence-corrected chi connectivity index (χ2v) is 9.43. The van der Waals surface area contributed by atoms with Gasteiger partial charge in [-0.3, -0.25) is 14.4 Å². The smallest absolute Gasteiger partial charge is 0.340 e. The van der Waals surface area contributed by atoms with Crippen LogP contribution in [0.15, 0.2) is 51.6 Å². The summed E-state index contributed by atoms with van der Waals surface area (Å²) in [5.41, 5.74) is 1.20. The average molecular weight is 548 g/mol. The summed E-state index contributed by atoms with van der Waals surface area (Å²) >= 11 is 11.8. The highest BCUT2D eigenvalue weighted by Gasteiger charge is 2.37. The molecule has 1 aromatic carbocycles. The van der Waals surface area contributed by atoms with Crippen molar-refractivity contribution in [3.63, 3.8) is 0 Å². The number of allylic oxidation sites excluding steroid dienone is 1.